The predicted octanol–water partition coefficient (Wildman–Crippen LogP) is 2.67. The van der Waals surface area contributed by atoms with E-state index < -0.39 is 45.2 Å². The second kappa shape index (κ2) is 7.88. The van der Waals surface area contributed by atoms with Gasteiger partial charge in [0.15, 0.2) is 12.4 Å². The number of amides is 1. The third-order valence-corrected chi connectivity index (χ3v) is 3.16. The zero-order chi connectivity index (χ0) is 19.3. The molecule has 0 fully saturated rings. The lowest BCUT2D eigenvalue weighted by Crippen LogP contribution is -2.21. The Labute approximate surface area is 145 Å². The highest BCUT2D eigenvalue weighted by Crippen LogP contribution is 2.31. The van der Waals surface area contributed by atoms with E-state index in [9.17, 15) is 29.4 Å². The molecular weight excluding hydrogens is 353 g/mol. The van der Waals surface area contributed by atoms with Gasteiger partial charge in [-0.2, -0.15) is 0 Å². The number of methoxy groups -OCH3 is 1. The number of hydrogen-bond donors (Lipinski definition) is 1. The number of non-ortho nitro benzene ring substituents is 1. The van der Waals surface area contributed by atoms with Gasteiger partial charge < -0.3 is 14.8 Å². The largest absolute Gasteiger partial charge is 0.496 e. The van der Waals surface area contributed by atoms with Gasteiger partial charge in [-0.1, -0.05) is 0 Å². The topological polar surface area (TPSA) is 134 Å². The highest BCUT2D eigenvalue weighted by Gasteiger charge is 2.18. The summed E-state index contributed by atoms with van der Waals surface area (Å²) in [6, 6.07) is 6.40. The molecule has 2 rings (SSSR count). The molecule has 0 spiro atoms. The monoisotopic (exact) mass is 365 g/mol. The molecular formula is C15H12FN3O7. The highest BCUT2D eigenvalue weighted by atomic mass is 19.1. The van der Waals surface area contributed by atoms with Crippen LogP contribution in [0.4, 0.5) is 21.5 Å². The number of carbonyl (C=O) groups is 1. The van der Waals surface area contributed by atoms with Crippen LogP contribution in [0.5, 0.6) is 11.5 Å². The molecule has 0 radical (unpaired) electrons. The van der Waals surface area contributed by atoms with Crippen molar-refractivity contribution in [3.8, 4) is 11.5 Å². The zero-order valence-corrected chi connectivity index (χ0v) is 13.3. The van der Waals surface area contributed by atoms with Crippen molar-refractivity contribution in [2.75, 3.05) is 19.0 Å². The Morgan fingerprint density at radius 2 is 1.88 bits per heavy atom. The summed E-state index contributed by atoms with van der Waals surface area (Å²) in [5.41, 5.74) is -1.23. The van der Waals surface area contributed by atoms with E-state index in [2.05, 4.69) is 5.32 Å². The van der Waals surface area contributed by atoms with Crippen molar-refractivity contribution in [1.82, 2.24) is 0 Å². The summed E-state index contributed by atoms with van der Waals surface area (Å²) in [5, 5.41) is 23.8. The summed E-state index contributed by atoms with van der Waals surface area (Å²) < 4.78 is 23.6. The van der Waals surface area contributed by atoms with Crippen molar-refractivity contribution in [1.29, 1.82) is 0 Å². The SMILES string of the molecule is COc1ccc(OCC(=O)Nc2cc([N+](=O)[O-])ccc2F)c([N+](=O)[O-])c1. The van der Waals surface area contributed by atoms with Crippen molar-refractivity contribution in [3.05, 3.63) is 62.4 Å². The lowest BCUT2D eigenvalue weighted by Gasteiger charge is -2.09. The van der Waals surface area contributed by atoms with Crippen molar-refractivity contribution in [2.45, 2.75) is 0 Å². The predicted molar refractivity (Wildman–Crippen MR) is 86.8 cm³/mol. The van der Waals surface area contributed by atoms with Crippen molar-refractivity contribution in [2.24, 2.45) is 0 Å². The minimum absolute atomic E-state index is 0.189. The van der Waals surface area contributed by atoms with Crippen LogP contribution in [-0.2, 0) is 4.79 Å². The second-order valence-electron chi connectivity index (χ2n) is 4.85. The van der Waals surface area contributed by atoms with Crippen LogP contribution in [0.25, 0.3) is 0 Å². The van der Waals surface area contributed by atoms with Crippen LogP contribution in [0.15, 0.2) is 36.4 Å². The van der Waals surface area contributed by atoms with E-state index in [1.165, 1.54) is 19.2 Å². The zero-order valence-electron chi connectivity index (χ0n) is 13.3. The molecule has 2 aromatic carbocycles. The van der Waals surface area contributed by atoms with Gasteiger partial charge in [0.1, 0.15) is 11.6 Å². The summed E-state index contributed by atoms with van der Waals surface area (Å²) >= 11 is 0. The van der Waals surface area contributed by atoms with E-state index in [0.717, 1.165) is 24.3 Å². The molecule has 0 aliphatic rings. The number of ether oxygens (including phenoxy) is 2. The minimum Gasteiger partial charge on any atom is -0.496 e. The van der Waals surface area contributed by atoms with E-state index in [4.69, 9.17) is 9.47 Å². The first kappa shape index (κ1) is 18.6. The number of nitrogens with one attached hydrogen (secondary N) is 1. The molecule has 0 heterocycles. The van der Waals surface area contributed by atoms with Crippen LogP contribution in [0.1, 0.15) is 0 Å². The van der Waals surface area contributed by atoms with Crippen LogP contribution in [0.2, 0.25) is 0 Å². The normalized spacial score (nSPS) is 10.1. The average Bonchev–Trinajstić information content (AvgIpc) is 2.61. The Hall–Kier alpha value is -3.76. The van der Waals surface area contributed by atoms with E-state index in [-0.39, 0.29) is 11.5 Å². The molecule has 2 aromatic rings. The van der Waals surface area contributed by atoms with Crippen LogP contribution in [-0.4, -0.2) is 29.5 Å². The van der Waals surface area contributed by atoms with Gasteiger partial charge in [-0.3, -0.25) is 25.0 Å². The van der Waals surface area contributed by atoms with E-state index in [0.29, 0.717) is 0 Å². The summed E-state index contributed by atoms with van der Waals surface area (Å²) in [6.45, 7) is -0.671. The lowest BCUT2D eigenvalue weighted by molar-refractivity contribution is -0.385. The highest BCUT2D eigenvalue weighted by molar-refractivity contribution is 5.92. The van der Waals surface area contributed by atoms with Gasteiger partial charge in [0.25, 0.3) is 11.6 Å². The number of nitrogens with zero attached hydrogens (tertiary/aromatic N) is 2. The molecule has 10 nitrogen and oxygen atoms in total. The van der Waals surface area contributed by atoms with E-state index in [1.54, 1.807) is 0 Å². The quantitative estimate of drug-likeness (QED) is 0.589. The van der Waals surface area contributed by atoms with Crippen LogP contribution >= 0.6 is 0 Å². The van der Waals surface area contributed by atoms with Crippen LogP contribution < -0.4 is 14.8 Å². The Balaban J connectivity index is 2.09. The number of halogens is 1. The molecule has 1 amide bonds. The number of nitro benzene ring substituents is 2. The number of nitro groups is 2. The summed E-state index contributed by atoms with van der Waals surface area (Å²) in [5.74, 6) is -1.69. The number of rotatable bonds is 7. The standard InChI is InChI=1S/C15H12FN3O7/c1-25-10-3-5-14(13(7-10)19(23)24)26-8-15(20)17-12-6-9(18(21)22)2-4-11(12)16/h2-7H,8H2,1H3,(H,17,20). The third-order valence-electron chi connectivity index (χ3n) is 3.16. The van der Waals surface area contributed by atoms with Gasteiger partial charge in [0, 0.05) is 12.1 Å². The maximum absolute atomic E-state index is 13.6. The fourth-order valence-electron chi connectivity index (χ4n) is 1.94. The van der Waals surface area contributed by atoms with Gasteiger partial charge in [0.05, 0.1) is 28.7 Å². The maximum atomic E-state index is 13.6. The Morgan fingerprint density at radius 1 is 1.15 bits per heavy atom. The maximum Gasteiger partial charge on any atom is 0.314 e. The first-order valence-electron chi connectivity index (χ1n) is 7.01. The third kappa shape index (κ3) is 4.41. The first-order valence-corrected chi connectivity index (χ1v) is 7.01. The fraction of sp³-hybridized carbons (Fsp3) is 0.133. The molecule has 0 saturated carbocycles. The van der Waals surface area contributed by atoms with Gasteiger partial charge in [-0.15, -0.1) is 0 Å². The number of carbonyl (C=O) groups excluding carboxylic acids is 1. The van der Waals surface area contributed by atoms with Crippen molar-refractivity contribution >= 4 is 23.0 Å². The molecule has 136 valence electrons. The molecule has 0 aromatic heterocycles. The fourth-order valence-corrected chi connectivity index (χ4v) is 1.94. The molecule has 0 aliphatic heterocycles. The smallest absolute Gasteiger partial charge is 0.314 e. The lowest BCUT2D eigenvalue weighted by atomic mass is 10.2. The Morgan fingerprint density at radius 3 is 2.50 bits per heavy atom. The molecule has 0 bridgehead atoms. The van der Waals surface area contributed by atoms with Crippen LogP contribution in [0, 0.1) is 26.0 Å². The molecule has 1 N–H and O–H groups in total. The Kier molecular flexibility index (Phi) is 5.63. The van der Waals surface area contributed by atoms with Gasteiger partial charge in [-0.25, -0.2) is 4.39 Å². The van der Waals surface area contributed by atoms with E-state index in [1.807, 2.05) is 0 Å². The molecule has 0 atom stereocenters. The summed E-state index contributed by atoms with van der Waals surface area (Å²) in [7, 11) is 1.33. The average molecular weight is 365 g/mol. The second-order valence-corrected chi connectivity index (χ2v) is 4.85. The molecule has 26 heavy (non-hydrogen) atoms. The van der Waals surface area contributed by atoms with Gasteiger partial charge >= 0.3 is 5.69 Å². The van der Waals surface area contributed by atoms with Gasteiger partial charge in [-0.05, 0) is 18.2 Å². The summed E-state index contributed by atoms with van der Waals surface area (Å²) in [6.07, 6.45) is 0. The van der Waals surface area contributed by atoms with Gasteiger partial charge in [0.2, 0.25) is 0 Å². The molecule has 0 saturated heterocycles. The minimum atomic E-state index is -0.876. The van der Waals surface area contributed by atoms with Crippen molar-refractivity contribution < 1.29 is 28.5 Å². The first-order chi connectivity index (χ1) is 12.3. The molecule has 0 unspecified atom stereocenters. The van der Waals surface area contributed by atoms with E-state index >= 15 is 0 Å². The summed E-state index contributed by atoms with van der Waals surface area (Å²) in [4.78, 5) is 32.1. The van der Waals surface area contributed by atoms with Crippen LogP contribution in [0.3, 0.4) is 0 Å². The molecule has 0 aliphatic carbocycles. The number of benzene rings is 2. The number of hydrogen-bond acceptors (Lipinski definition) is 7. The number of anilines is 1. The van der Waals surface area contributed by atoms with Crippen molar-refractivity contribution in [3.63, 3.8) is 0 Å². The molecule has 11 heteroatoms. The Bertz CT molecular complexity index is 872.